The number of hydrogen-bond donors (Lipinski definition) is 0. The fourth-order valence-electron chi connectivity index (χ4n) is 0. The van der Waals surface area contributed by atoms with Crippen LogP contribution in [0, 0.1) is 14.0 Å². The molecule has 0 aromatic rings. The third kappa shape index (κ3) is 53.2. The quantitative estimate of drug-likeness (QED) is 0.313. The maximum Gasteiger partial charge on any atom is 2.00 e. The van der Waals surface area contributed by atoms with Gasteiger partial charge in [-0.15, -0.1) is 0 Å². The summed E-state index contributed by atoms with van der Waals surface area (Å²) in [5.74, 6) is 0. The minimum absolute atomic E-state index is 0. The maximum absolute atomic E-state index is 4.25. The molecule has 0 aliphatic carbocycles. The van der Waals surface area contributed by atoms with Crippen LogP contribution in [0.4, 0.5) is 0 Å². The van der Waals surface area contributed by atoms with Gasteiger partial charge in [-0.1, -0.05) is 0 Å². The zero-order valence-corrected chi connectivity index (χ0v) is 3.74. The normalized spacial score (nSPS) is 1.00. The Hall–Kier alpha value is 0.259. The van der Waals surface area contributed by atoms with E-state index in [-0.39, 0.29) is 24.5 Å². The Balaban J connectivity index is -0.00000000500. The third-order valence-corrected chi connectivity index (χ3v) is 0. The third-order valence-electron chi connectivity index (χ3n) is 0. The molecular weight excluding hydrogens is 91.9 g/mol. The van der Waals surface area contributed by atoms with Crippen molar-refractivity contribution >= 4 is 0 Å². The summed E-state index contributed by atoms with van der Waals surface area (Å²) in [6.45, 7) is 7.00. The van der Waals surface area contributed by atoms with E-state index in [0.717, 1.165) is 0 Å². The Morgan fingerprint density at radius 3 is 1.25 bits per heavy atom. The molecule has 0 N–H and O–H groups in total. The fraction of sp³-hybridized carbons (Fsp3) is 0. The molecule has 4 heavy (non-hydrogen) atoms. The molecule has 0 radical (unpaired) electrons. The Morgan fingerprint density at radius 2 is 1.25 bits per heavy atom. The van der Waals surface area contributed by atoms with E-state index >= 15 is 0 Å². The molecule has 0 saturated heterocycles. The second-order valence-electron chi connectivity index (χ2n) is 0. The Morgan fingerprint density at radius 1 is 1.25 bits per heavy atom. The molecule has 0 heterocycles. The first-order valence-corrected chi connectivity index (χ1v) is 0.408. The van der Waals surface area contributed by atoms with Crippen LogP contribution in [0.5, 0.6) is 0 Å². The molecule has 0 unspecified atom stereocenters. The van der Waals surface area contributed by atoms with Crippen molar-refractivity contribution in [2.24, 2.45) is 0 Å². The summed E-state index contributed by atoms with van der Waals surface area (Å²) in [4.78, 5) is 0. The molecule has 0 aromatic carbocycles. The summed E-state index contributed by atoms with van der Waals surface area (Å²) in [6.07, 6.45) is 0. The minimum Gasteiger partial charge on any atom is -0.521 e. The molecule has 0 atom stereocenters. The van der Waals surface area contributed by atoms with Gasteiger partial charge in [-0.05, 0) is 0 Å². The molecule has 0 amide bonds. The van der Waals surface area contributed by atoms with Gasteiger partial charge in [0.15, 0.2) is 0 Å². The van der Waals surface area contributed by atoms with E-state index in [1.54, 1.807) is 0 Å². The van der Waals surface area contributed by atoms with Crippen molar-refractivity contribution in [2.45, 2.75) is 0 Å². The molecule has 0 fully saturated rings. The molecule has 0 aliphatic rings. The molecular formula is C3H6Fe. The van der Waals surface area contributed by atoms with Crippen molar-refractivity contribution in [2.75, 3.05) is 0 Å². The molecule has 0 aromatic heterocycles. The van der Waals surface area contributed by atoms with Crippen LogP contribution in [-0.4, -0.2) is 0 Å². The van der Waals surface area contributed by atoms with E-state index in [2.05, 4.69) is 13.2 Å². The Bertz CT molecular complexity index is 3.25. The van der Waals surface area contributed by atoms with Gasteiger partial charge in [-0.3, -0.25) is 6.58 Å². The molecule has 1 heteroatoms. The SMILES string of the molecule is [CH-]=C.[CH3-].[Fe+2]. The van der Waals surface area contributed by atoms with E-state index < -0.39 is 0 Å². The first-order chi connectivity index (χ1) is 1.00. The van der Waals surface area contributed by atoms with Crippen LogP contribution in [0.2, 0.25) is 0 Å². The van der Waals surface area contributed by atoms with Crippen molar-refractivity contribution in [3.63, 3.8) is 0 Å². The molecule has 0 aliphatic heterocycles. The zero-order valence-electron chi connectivity index (χ0n) is 2.64. The van der Waals surface area contributed by atoms with Gasteiger partial charge in [0.25, 0.3) is 0 Å². The van der Waals surface area contributed by atoms with E-state index in [1.165, 1.54) is 0 Å². The molecule has 0 spiro atoms. The number of rotatable bonds is 0. The van der Waals surface area contributed by atoms with E-state index in [4.69, 9.17) is 0 Å². The maximum atomic E-state index is 4.25. The summed E-state index contributed by atoms with van der Waals surface area (Å²) in [7, 11) is 0. The van der Waals surface area contributed by atoms with Crippen molar-refractivity contribution in [1.82, 2.24) is 0 Å². The van der Waals surface area contributed by atoms with Crippen LogP contribution < -0.4 is 0 Å². The van der Waals surface area contributed by atoms with Crippen LogP contribution >= 0.6 is 0 Å². The largest absolute Gasteiger partial charge is 2.00 e. The Kier molecular flexibility index (Phi) is 1760. The van der Waals surface area contributed by atoms with Crippen molar-refractivity contribution in [1.29, 1.82) is 0 Å². The van der Waals surface area contributed by atoms with Gasteiger partial charge in [0.2, 0.25) is 0 Å². The predicted octanol–water partition coefficient (Wildman–Crippen LogP) is 1.05. The number of hydrogen-bond acceptors (Lipinski definition) is 0. The van der Waals surface area contributed by atoms with E-state index in [1.807, 2.05) is 0 Å². The van der Waals surface area contributed by atoms with E-state index in [9.17, 15) is 0 Å². The average Bonchev–Trinajstić information content (AvgIpc) is 1.00. The summed E-state index contributed by atoms with van der Waals surface area (Å²) in [5.41, 5.74) is 0. The zero-order chi connectivity index (χ0) is 2.00. The summed E-state index contributed by atoms with van der Waals surface area (Å²) >= 11 is 0. The smallest absolute Gasteiger partial charge is 0.521 e. The van der Waals surface area contributed by atoms with Crippen LogP contribution in [0.1, 0.15) is 0 Å². The fourth-order valence-corrected chi connectivity index (χ4v) is 0. The van der Waals surface area contributed by atoms with E-state index in [0.29, 0.717) is 0 Å². The monoisotopic (exact) mass is 98.0 g/mol. The first kappa shape index (κ1) is 28.5. The summed E-state index contributed by atoms with van der Waals surface area (Å²) in [5, 5.41) is 0. The van der Waals surface area contributed by atoms with Gasteiger partial charge in [0, 0.05) is 0 Å². The van der Waals surface area contributed by atoms with Crippen LogP contribution in [0.15, 0.2) is 6.58 Å². The Labute approximate surface area is 38.4 Å². The molecule has 0 rings (SSSR count). The van der Waals surface area contributed by atoms with Gasteiger partial charge >= 0.3 is 17.1 Å². The van der Waals surface area contributed by atoms with Crippen LogP contribution in [-0.2, 0) is 17.1 Å². The summed E-state index contributed by atoms with van der Waals surface area (Å²) in [6, 6.07) is 0. The topological polar surface area (TPSA) is 0 Å². The van der Waals surface area contributed by atoms with Crippen LogP contribution in [0.3, 0.4) is 0 Å². The van der Waals surface area contributed by atoms with Gasteiger partial charge < -0.3 is 14.0 Å². The van der Waals surface area contributed by atoms with Gasteiger partial charge in [-0.25, -0.2) is 0 Å². The van der Waals surface area contributed by atoms with Crippen molar-refractivity contribution in [3.8, 4) is 0 Å². The standard InChI is InChI=1S/C2H3.CH3.Fe/c1-2;;/h1H,2H2;1H3;/q2*-1;+2. The van der Waals surface area contributed by atoms with Gasteiger partial charge in [-0.2, -0.15) is 0 Å². The molecule has 26 valence electrons. The molecule has 0 saturated carbocycles. The molecule has 0 nitrogen and oxygen atoms in total. The van der Waals surface area contributed by atoms with Crippen LogP contribution in [0.25, 0.3) is 0 Å². The second-order valence-corrected chi connectivity index (χ2v) is 0. The van der Waals surface area contributed by atoms with Crippen molar-refractivity contribution in [3.05, 3.63) is 20.6 Å². The first-order valence-electron chi connectivity index (χ1n) is 0.408. The second kappa shape index (κ2) is 247. The average molecular weight is 97.9 g/mol. The summed E-state index contributed by atoms with van der Waals surface area (Å²) < 4.78 is 0. The molecule has 0 bridgehead atoms. The predicted molar refractivity (Wildman–Crippen MR) is 16.3 cm³/mol. The van der Waals surface area contributed by atoms with Crippen molar-refractivity contribution < 1.29 is 17.1 Å². The minimum atomic E-state index is 0. The van der Waals surface area contributed by atoms with Gasteiger partial charge in [0.05, 0.1) is 0 Å². The van der Waals surface area contributed by atoms with Gasteiger partial charge in [0.1, 0.15) is 0 Å².